The summed E-state index contributed by atoms with van der Waals surface area (Å²) in [6, 6.07) is 0. The molecule has 1 aromatic heterocycles. The molecule has 0 radical (unpaired) electrons. The Morgan fingerprint density at radius 2 is 1.44 bits per heavy atom. The summed E-state index contributed by atoms with van der Waals surface area (Å²) in [6.07, 6.45) is 6.86. The van der Waals surface area contributed by atoms with Crippen LogP contribution in [-0.4, -0.2) is 25.7 Å². The third kappa shape index (κ3) is 4.83. The predicted octanol–water partition coefficient (Wildman–Crippen LogP) is 1.16. The smallest absolute Gasteiger partial charge is 0.371 e. The largest absolute Gasteiger partial charge is 0.425 e. The topological polar surface area (TPSA) is 68.6 Å². The number of rotatable bonds is 1. The van der Waals surface area contributed by atoms with Gasteiger partial charge in [-0.25, -0.2) is 4.98 Å². The maximum absolute atomic E-state index is 8.44. The van der Waals surface area contributed by atoms with Gasteiger partial charge in [-0.05, 0) is 26.7 Å². The molecule has 0 aromatic carbocycles. The maximum Gasteiger partial charge on any atom is 0.425 e. The van der Waals surface area contributed by atoms with Gasteiger partial charge in [0.25, 0.3) is 0 Å². The standard InChI is InChI=1S/C11H16N2.CH3.O3S/c1-9-7-12-8-10(2)11(9)13-5-3-4-6-13;;1-4(2)3/h7-8H,3-6H2,1-2H3;1H3;/q;-1;/p+1. The molecule has 1 aliphatic rings. The molecule has 0 spiro atoms. The first kappa shape index (κ1) is 16.6. The second-order valence-electron chi connectivity index (χ2n) is 4.07. The number of hydrogen-bond acceptors (Lipinski definition) is 4. The third-order valence-electron chi connectivity index (χ3n) is 2.77. The van der Waals surface area contributed by atoms with E-state index in [0.29, 0.717) is 0 Å². The van der Waals surface area contributed by atoms with E-state index in [0.717, 1.165) is 0 Å². The Morgan fingerprint density at radius 1 is 1.06 bits per heavy atom. The lowest BCUT2D eigenvalue weighted by atomic mass is 10.1. The van der Waals surface area contributed by atoms with Crippen LogP contribution in [0.3, 0.4) is 0 Å². The molecule has 0 atom stereocenters. The summed E-state index contributed by atoms with van der Waals surface area (Å²) in [6.45, 7) is 6.81. The molecule has 0 aliphatic carbocycles. The lowest BCUT2D eigenvalue weighted by Crippen LogP contribution is -2.21. The van der Waals surface area contributed by atoms with Gasteiger partial charge in [0.2, 0.25) is 0 Å². The SMILES string of the molecule is Cc1c[nH+]cc(C)c1N1CCCC1.O=S(=O)=O.[CH3-]. The molecule has 0 saturated carbocycles. The van der Waals surface area contributed by atoms with E-state index in [-0.39, 0.29) is 7.43 Å². The van der Waals surface area contributed by atoms with Crippen molar-refractivity contribution in [3.63, 3.8) is 0 Å². The highest BCUT2D eigenvalue weighted by Crippen LogP contribution is 2.25. The van der Waals surface area contributed by atoms with Crippen LogP contribution >= 0.6 is 0 Å². The van der Waals surface area contributed by atoms with Gasteiger partial charge >= 0.3 is 10.6 Å². The van der Waals surface area contributed by atoms with Crippen molar-refractivity contribution in [3.8, 4) is 0 Å². The van der Waals surface area contributed by atoms with Crippen molar-refractivity contribution in [1.29, 1.82) is 0 Å². The fraction of sp³-hybridized carbons (Fsp3) is 0.500. The molecular weight excluding hydrogens is 252 g/mol. The van der Waals surface area contributed by atoms with Crippen molar-refractivity contribution in [2.24, 2.45) is 0 Å². The van der Waals surface area contributed by atoms with E-state index in [1.165, 1.54) is 42.7 Å². The van der Waals surface area contributed by atoms with Crippen LogP contribution in [-0.2, 0) is 10.6 Å². The molecule has 0 unspecified atom stereocenters. The minimum absolute atomic E-state index is 0. The zero-order chi connectivity index (χ0) is 12.8. The first-order valence-electron chi connectivity index (χ1n) is 5.51. The first-order valence-corrected chi connectivity index (χ1v) is 6.51. The van der Waals surface area contributed by atoms with Crippen LogP contribution in [0.1, 0.15) is 24.0 Å². The average Bonchev–Trinajstić information content (AvgIpc) is 2.69. The quantitative estimate of drug-likeness (QED) is 0.719. The fourth-order valence-corrected chi connectivity index (χ4v) is 2.18. The summed E-state index contributed by atoms with van der Waals surface area (Å²) in [5.41, 5.74) is 4.17. The number of nitrogens with zero attached hydrogens (tertiary/aromatic N) is 1. The van der Waals surface area contributed by atoms with Gasteiger partial charge in [-0.2, -0.15) is 0 Å². The molecule has 2 rings (SSSR count). The highest BCUT2D eigenvalue weighted by molar-refractivity contribution is 7.59. The molecule has 1 aliphatic heterocycles. The highest BCUT2D eigenvalue weighted by atomic mass is 32.2. The Kier molecular flexibility index (Phi) is 7.19. The second-order valence-corrected chi connectivity index (χ2v) is 4.48. The van der Waals surface area contributed by atoms with Crippen molar-refractivity contribution < 1.29 is 17.6 Å². The minimum atomic E-state index is -3.11. The number of nitrogens with one attached hydrogen (secondary N) is 1. The third-order valence-corrected chi connectivity index (χ3v) is 2.77. The van der Waals surface area contributed by atoms with Crippen LogP contribution in [0.25, 0.3) is 0 Å². The Hall–Kier alpha value is -1.43. The Labute approximate surface area is 110 Å². The van der Waals surface area contributed by atoms with Crippen LogP contribution in [0.4, 0.5) is 5.69 Å². The van der Waals surface area contributed by atoms with Gasteiger partial charge in [0.1, 0.15) is 0 Å². The van der Waals surface area contributed by atoms with Crippen molar-refractivity contribution in [3.05, 3.63) is 30.9 Å². The van der Waals surface area contributed by atoms with Crippen molar-refractivity contribution in [2.75, 3.05) is 18.0 Å². The molecule has 1 fully saturated rings. The maximum atomic E-state index is 8.44. The fourth-order valence-electron chi connectivity index (χ4n) is 2.18. The zero-order valence-electron chi connectivity index (χ0n) is 11.1. The summed E-state index contributed by atoms with van der Waals surface area (Å²) in [7, 11) is -3.11. The molecule has 1 saturated heterocycles. The van der Waals surface area contributed by atoms with Crippen LogP contribution < -0.4 is 9.88 Å². The molecule has 5 nitrogen and oxygen atoms in total. The van der Waals surface area contributed by atoms with Gasteiger partial charge in [-0.15, -0.1) is 12.6 Å². The molecule has 0 bridgehead atoms. The molecule has 6 heteroatoms. The summed E-state index contributed by atoms with van der Waals surface area (Å²) in [4.78, 5) is 5.66. The number of hydrogen-bond donors (Lipinski definition) is 0. The minimum Gasteiger partial charge on any atom is -0.371 e. The van der Waals surface area contributed by atoms with Crippen molar-refractivity contribution in [1.82, 2.24) is 0 Å². The average molecular weight is 272 g/mol. The molecular formula is C12H20N2O3S. The number of pyridine rings is 1. The van der Waals surface area contributed by atoms with Gasteiger partial charge in [0.15, 0.2) is 12.4 Å². The lowest BCUT2D eigenvalue weighted by molar-refractivity contribution is -0.378. The van der Waals surface area contributed by atoms with Crippen LogP contribution in [0.5, 0.6) is 0 Å². The number of aromatic amines is 1. The van der Waals surface area contributed by atoms with Crippen LogP contribution in [0.15, 0.2) is 12.4 Å². The second kappa shape index (κ2) is 7.81. The van der Waals surface area contributed by atoms with E-state index in [9.17, 15) is 0 Å². The molecule has 102 valence electrons. The highest BCUT2D eigenvalue weighted by Gasteiger charge is 2.17. The van der Waals surface area contributed by atoms with E-state index in [1.807, 2.05) is 0 Å². The van der Waals surface area contributed by atoms with Crippen LogP contribution in [0, 0.1) is 21.3 Å². The predicted molar refractivity (Wildman–Crippen MR) is 70.0 cm³/mol. The molecule has 2 heterocycles. The van der Waals surface area contributed by atoms with Gasteiger partial charge < -0.3 is 12.3 Å². The van der Waals surface area contributed by atoms with Gasteiger partial charge in [0.05, 0.1) is 5.69 Å². The molecule has 1 N–H and O–H groups in total. The molecule has 1 aromatic rings. The normalized spacial score (nSPS) is 13.3. The van der Waals surface area contributed by atoms with E-state index in [4.69, 9.17) is 12.6 Å². The molecule has 0 amide bonds. The van der Waals surface area contributed by atoms with Crippen LogP contribution in [0.2, 0.25) is 0 Å². The van der Waals surface area contributed by atoms with Gasteiger partial charge in [-0.1, -0.05) is 0 Å². The summed E-state index contributed by atoms with van der Waals surface area (Å²) in [5, 5.41) is 0. The lowest BCUT2D eigenvalue weighted by Gasteiger charge is -2.20. The van der Waals surface area contributed by atoms with E-state index >= 15 is 0 Å². The number of anilines is 1. The van der Waals surface area contributed by atoms with Gasteiger partial charge in [-0.3, -0.25) is 0 Å². The Morgan fingerprint density at radius 3 is 1.83 bits per heavy atom. The van der Waals surface area contributed by atoms with E-state index < -0.39 is 10.6 Å². The van der Waals surface area contributed by atoms with Gasteiger partial charge in [0, 0.05) is 24.2 Å². The number of aryl methyl sites for hydroxylation is 2. The first-order chi connectivity index (χ1) is 8.02. The summed E-state index contributed by atoms with van der Waals surface area (Å²) in [5.74, 6) is 0. The number of aromatic nitrogens is 1. The van der Waals surface area contributed by atoms with E-state index in [2.05, 4.69) is 36.1 Å². The summed E-state index contributed by atoms with van der Waals surface area (Å²) >= 11 is 0. The Balaban J connectivity index is 0.000000512. The summed E-state index contributed by atoms with van der Waals surface area (Å²) < 4.78 is 25.3. The number of H-pyrrole nitrogens is 1. The zero-order valence-corrected chi connectivity index (χ0v) is 11.9. The monoisotopic (exact) mass is 272 g/mol. The Bertz CT molecular complexity index is 452. The molecule has 18 heavy (non-hydrogen) atoms. The van der Waals surface area contributed by atoms with Crippen molar-refractivity contribution in [2.45, 2.75) is 26.7 Å². The van der Waals surface area contributed by atoms with Crippen molar-refractivity contribution >= 4 is 16.3 Å². The van der Waals surface area contributed by atoms with E-state index in [1.54, 1.807) is 0 Å².